The number of carbonyl (C=O) groups is 1. The molecule has 0 aromatic carbocycles. The topological polar surface area (TPSA) is 97.5 Å². The van der Waals surface area contributed by atoms with Crippen molar-refractivity contribution in [3.8, 4) is 0 Å². The summed E-state index contributed by atoms with van der Waals surface area (Å²) in [7, 11) is 0. The molecule has 0 unspecified atom stereocenters. The number of halogens is 1. The van der Waals surface area contributed by atoms with Gasteiger partial charge in [-0.25, -0.2) is 4.98 Å². The SMILES string of the molecule is CC(C)(O)[C@@H]1CC[C@@H](NC(=O)c2cc(Br)cnc2N)CO1. The summed E-state index contributed by atoms with van der Waals surface area (Å²) >= 11 is 3.27. The maximum Gasteiger partial charge on any atom is 0.255 e. The first-order chi connectivity index (χ1) is 9.77. The zero-order valence-electron chi connectivity index (χ0n) is 12.1. The predicted octanol–water partition coefficient (Wildman–Crippen LogP) is 1.47. The Morgan fingerprint density at radius 2 is 2.29 bits per heavy atom. The molecular formula is C14H20BrN3O3. The summed E-state index contributed by atoms with van der Waals surface area (Å²) in [4.78, 5) is 16.2. The fourth-order valence-electron chi connectivity index (χ4n) is 2.32. The van der Waals surface area contributed by atoms with Crippen LogP contribution in [-0.2, 0) is 4.74 Å². The number of nitrogen functional groups attached to an aromatic ring is 1. The van der Waals surface area contributed by atoms with Crippen molar-refractivity contribution in [2.45, 2.75) is 44.4 Å². The third-order valence-electron chi connectivity index (χ3n) is 3.53. The van der Waals surface area contributed by atoms with Crippen molar-refractivity contribution >= 4 is 27.7 Å². The van der Waals surface area contributed by atoms with E-state index in [1.807, 2.05) is 0 Å². The van der Waals surface area contributed by atoms with E-state index in [0.29, 0.717) is 23.1 Å². The van der Waals surface area contributed by atoms with Crippen LogP contribution in [0.3, 0.4) is 0 Å². The highest BCUT2D eigenvalue weighted by molar-refractivity contribution is 9.10. The van der Waals surface area contributed by atoms with Crippen LogP contribution in [0.5, 0.6) is 0 Å². The van der Waals surface area contributed by atoms with Crippen molar-refractivity contribution < 1.29 is 14.6 Å². The highest BCUT2D eigenvalue weighted by Gasteiger charge is 2.33. The van der Waals surface area contributed by atoms with Crippen LogP contribution in [0.2, 0.25) is 0 Å². The molecule has 1 amide bonds. The van der Waals surface area contributed by atoms with Crippen LogP contribution in [0.25, 0.3) is 0 Å². The summed E-state index contributed by atoms with van der Waals surface area (Å²) in [6.45, 7) is 3.83. The molecule has 0 bridgehead atoms. The van der Waals surface area contributed by atoms with Crippen molar-refractivity contribution in [1.82, 2.24) is 10.3 Å². The number of anilines is 1. The largest absolute Gasteiger partial charge is 0.388 e. The van der Waals surface area contributed by atoms with Crippen LogP contribution in [0, 0.1) is 0 Å². The Labute approximate surface area is 132 Å². The summed E-state index contributed by atoms with van der Waals surface area (Å²) in [5.41, 5.74) is 5.19. The number of aromatic nitrogens is 1. The van der Waals surface area contributed by atoms with Crippen molar-refractivity contribution in [2.75, 3.05) is 12.3 Å². The molecule has 0 radical (unpaired) electrons. The van der Waals surface area contributed by atoms with Gasteiger partial charge in [0.05, 0.1) is 29.9 Å². The fourth-order valence-corrected chi connectivity index (χ4v) is 2.65. The number of nitrogens with one attached hydrogen (secondary N) is 1. The number of amides is 1. The molecule has 0 saturated carbocycles. The smallest absolute Gasteiger partial charge is 0.255 e. The normalized spacial score (nSPS) is 22.9. The fraction of sp³-hybridized carbons (Fsp3) is 0.571. The molecule has 7 heteroatoms. The maximum absolute atomic E-state index is 12.2. The van der Waals surface area contributed by atoms with E-state index >= 15 is 0 Å². The van der Waals surface area contributed by atoms with E-state index in [1.54, 1.807) is 26.1 Å². The number of hydrogen-bond acceptors (Lipinski definition) is 5. The van der Waals surface area contributed by atoms with Gasteiger partial charge in [0.2, 0.25) is 0 Å². The molecule has 0 aliphatic carbocycles. The first-order valence-corrected chi connectivity index (χ1v) is 7.62. The lowest BCUT2D eigenvalue weighted by Crippen LogP contribution is -2.48. The number of pyridine rings is 1. The van der Waals surface area contributed by atoms with Crippen molar-refractivity contribution in [3.63, 3.8) is 0 Å². The van der Waals surface area contributed by atoms with Gasteiger partial charge < -0.3 is 20.9 Å². The van der Waals surface area contributed by atoms with Gasteiger partial charge in [-0.05, 0) is 48.7 Å². The molecule has 1 aromatic heterocycles. The summed E-state index contributed by atoms with van der Waals surface area (Å²) in [6, 6.07) is 1.55. The monoisotopic (exact) mass is 357 g/mol. The Bertz CT molecular complexity index is 523. The van der Waals surface area contributed by atoms with Gasteiger partial charge in [-0.2, -0.15) is 0 Å². The van der Waals surface area contributed by atoms with E-state index in [1.165, 1.54) is 0 Å². The van der Waals surface area contributed by atoms with Gasteiger partial charge in [0, 0.05) is 10.7 Å². The van der Waals surface area contributed by atoms with Gasteiger partial charge in [0.25, 0.3) is 5.91 Å². The molecule has 2 rings (SSSR count). The average Bonchev–Trinajstić information content (AvgIpc) is 2.41. The average molecular weight is 358 g/mol. The number of ether oxygens (including phenoxy) is 1. The quantitative estimate of drug-likeness (QED) is 0.760. The minimum Gasteiger partial charge on any atom is -0.388 e. The zero-order chi connectivity index (χ0) is 15.6. The van der Waals surface area contributed by atoms with E-state index in [9.17, 15) is 9.90 Å². The van der Waals surface area contributed by atoms with Crippen molar-refractivity contribution in [1.29, 1.82) is 0 Å². The lowest BCUT2D eigenvalue weighted by Gasteiger charge is -2.36. The van der Waals surface area contributed by atoms with Gasteiger partial charge in [-0.1, -0.05) is 0 Å². The van der Waals surface area contributed by atoms with Crippen molar-refractivity contribution in [3.05, 3.63) is 22.3 Å². The second-order valence-corrected chi connectivity index (χ2v) is 6.73. The van der Waals surface area contributed by atoms with Gasteiger partial charge in [-0.3, -0.25) is 4.79 Å². The molecule has 1 aliphatic heterocycles. The van der Waals surface area contributed by atoms with Gasteiger partial charge >= 0.3 is 0 Å². The molecule has 0 spiro atoms. The maximum atomic E-state index is 12.2. The molecule has 1 saturated heterocycles. The predicted molar refractivity (Wildman–Crippen MR) is 82.9 cm³/mol. The first kappa shape index (κ1) is 16.2. The first-order valence-electron chi connectivity index (χ1n) is 6.83. The number of aliphatic hydroxyl groups is 1. The van der Waals surface area contributed by atoms with E-state index in [0.717, 1.165) is 6.42 Å². The molecule has 6 nitrogen and oxygen atoms in total. The molecule has 1 aliphatic rings. The van der Waals surface area contributed by atoms with E-state index < -0.39 is 5.60 Å². The molecule has 2 heterocycles. The van der Waals surface area contributed by atoms with Crippen LogP contribution < -0.4 is 11.1 Å². The van der Waals surface area contributed by atoms with Gasteiger partial charge in [0.1, 0.15) is 5.82 Å². The molecule has 21 heavy (non-hydrogen) atoms. The third kappa shape index (κ3) is 4.15. The van der Waals surface area contributed by atoms with Crippen LogP contribution in [-0.4, -0.2) is 40.4 Å². The van der Waals surface area contributed by atoms with Crippen molar-refractivity contribution in [2.24, 2.45) is 0 Å². The Hall–Kier alpha value is -1.18. The van der Waals surface area contributed by atoms with Crippen LogP contribution >= 0.6 is 15.9 Å². The lowest BCUT2D eigenvalue weighted by atomic mass is 9.93. The number of nitrogens with zero attached hydrogens (tertiary/aromatic N) is 1. The third-order valence-corrected chi connectivity index (χ3v) is 3.96. The Morgan fingerprint density at radius 1 is 1.57 bits per heavy atom. The number of hydrogen-bond donors (Lipinski definition) is 3. The van der Waals surface area contributed by atoms with Gasteiger partial charge in [0.15, 0.2) is 0 Å². The van der Waals surface area contributed by atoms with E-state index in [-0.39, 0.29) is 23.9 Å². The molecule has 4 N–H and O–H groups in total. The second kappa shape index (κ2) is 6.29. The zero-order valence-corrected chi connectivity index (χ0v) is 13.7. The van der Waals surface area contributed by atoms with Crippen LogP contribution in [0.1, 0.15) is 37.0 Å². The minimum absolute atomic E-state index is 0.0884. The molecule has 1 aromatic rings. The minimum atomic E-state index is -0.867. The summed E-state index contributed by atoms with van der Waals surface area (Å²) in [5, 5.41) is 12.8. The highest BCUT2D eigenvalue weighted by atomic mass is 79.9. The molecular weight excluding hydrogens is 338 g/mol. The Balaban J connectivity index is 1.94. The van der Waals surface area contributed by atoms with Gasteiger partial charge in [-0.15, -0.1) is 0 Å². The highest BCUT2D eigenvalue weighted by Crippen LogP contribution is 2.23. The van der Waals surface area contributed by atoms with Crippen LogP contribution in [0.15, 0.2) is 16.7 Å². The summed E-state index contributed by atoms with van der Waals surface area (Å²) in [6.07, 6.45) is 2.79. The molecule has 116 valence electrons. The lowest BCUT2D eigenvalue weighted by molar-refractivity contribution is -0.114. The number of rotatable bonds is 3. The second-order valence-electron chi connectivity index (χ2n) is 5.81. The number of carbonyl (C=O) groups excluding carboxylic acids is 1. The van der Waals surface area contributed by atoms with Crippen LogP contribution in [0.4, 0.5) is 5.82 Å². The Kier molecular flexibility index (Phi) is 4.85. The van der Waals surface area contributed by atoms with E-state index in [4.69, 9.17) is 10.5 Å². The standard InChI is InChI=1S/C14H20BrN3O3/c1-14(2,20)11-4-3-9(7-21-11)18-13(19)10-5-8(15)6-17-12(10)16/h5-6,9,11,20H,3-4,7H2,1-2H3,(H2,16,17)(H,18,19)/t9-,11+/m1/s1. The summed E-state index contributed by atoms with van der Waals surface area (Å²) < 4.78 is 6.32. The molecule has 2 atom stereocenters. The molecule has 1 fully saturated rings. The Morgan fingerprint density at radius 3 is 2.86 bits per heavy atom. The summed E-state index contributed by atoms with van der Waals surface area (Å²) in [5.74, 6) is -0.0709. The van der Waals surface area contributed by atoms with E-state index in [2.05, 4.69) is 26.2 Å². The number of nitrogens with two attached hydrogens (primary N) is 1.